The van der Waals surface area contributed by atoms with Crippen molar-refractivity contribution in [1.82, 2.24) is 0 Å². The molecule has 1 amide bonds. The molecule has 1 aliphatic rings. The molecule has 0 spiro atoms. The zero-order valence-electron chi connectivity index (χ0n) is 11.0. The molecular weight excluding hydrogens is 354 g/mol. The first kappa shape index (κ1) is 14.3. The van der Waals surface area contributed by atoms with Crippen LogP contribution in [0, 0.1) is 0 Å². The molecule has 0 atom stereocenters. The van der Waals surface area contributed by atoms with Gasteiger partial charge >= 0.3 is 0 Å². The Morgan fingerprint density at radius 1 is 1.19 bits per heavy atom. The Morgan fingerprint density at radius 2 is 1.95 bits per heavy atom. The lowest BCUT2D eigenvalue weighted by atomic mass is 9.99. The van der Waals surface area contributed by atoms with Crippen LogP contribution in [0.4, 0.5) is 5.69 Å². The standard InChI is InChI=1S/C16H11BrClNO2/c17-13-4-2-1-3-11(13)16(21)19-8-7-15(20)12-9-10(18)5-6-14(12)19/h1-6,9H,7-8H2. The summed E-state index contributed by atoms with van der Waals surface area (Å²) < 4.78 is 0.738. The normalized spacial score (nSPS) is 14.0. The molecule has 1 heterocycles. The van der Waals surface area contributed by atoms with Gasteiger partial charge in [-0.1, -0.05) is 23.7 Å². The van der Waals surface area contributed by atoms with Crippen molar-refractivity contribution < 1.29 is 9.59 Å². The Balaban J connectivity index is 2.06. The van der Waals surface area contributed by atoms with Crippen molar-refractivity contribution in [3.05, 3.63) is 63.1 Å². The zero-order chi connectivity index (χ0) is 15.0. The van der Waals surface area contributed by atoms with Gasteiger partial charge in [-0.15, -0.1) is 0 Å². The fourth-order valence-corrected chi connectivity index (χ4v) is 3.05. The number of rotatable bonds is 1. The van der Waals surface area contributed by atoms with Crippen molar-refractivity contribution in [1.29, 1.82) is 0 Å². The monoisotopic (exact) mass is 363 g/mol. The summed E-state index contributed by atoms with van der Waals surface area (Å²) in [7, 11) is 0. The number of carbonyl (C=O) groups is 2. The number of nitrogens with zero attached hydrogens (tertiary/aromatic N) is 1. The van der Waals surface area contributed by atoms with Gasteiger partial charge in [0.15, 0.2) is 5.78 Å². The first-order valence-corrected chi connectivity index (χ1v) is 7.64. The average molecular weight is 365 g/mol. The fraction of sp³-hybridized carbons (Fsp3) is 0.125. The number of carbonyl (C=O) groups excluding carboxylic acids is 2. The van der Waals surface area contributed by atoms with Crippen LogP contribution in [-0.4, -0.2) is 18.2 Å². The van der Waals surface area contributed by atoms with Gasteiger partial charge in [0.1, 0.15) is 0 Å². The Kier molecular flexibility index (Phi) is 3.83. The summed E-state index contributed by atoms with van der Waals surface area (Å²) in [5.74, 6) is -0.109. The molecule has 0 saturated heterocycles. The van der Waals surface area contributed by atoms with E-state index in [-0.39, 0.29) is 11.7 Å². The number of fused-ring (bicyclic) bond motifs is 1. The molecule has 0 saturated carbocycles. The lowest BCUT2D eigenvalue weighted by Gasteiger charge is -2.29. The SMILES string of the molecule is O=C1CCN(C(=O)c2ccccc2Br)c2ccc(Cl)cc21. The molecular formula is C16H11BrClNO2. The molecule has 0 fully saturated rings. The second-order valence-corrected chi connectivity index (χ2v) is 6.06. The van der Waals surface area contributed by atoms with E-state index in [9.17, 15) is 9.59 Å². The molecule has 3 nitrogen and oxygen atoms in total. The van der Waals surface area contributed by atoms with Crippen molar-refractivity contribution in [2.45, 2.75) is 6.42 Å². The van der Waals surface area contributed by atoms with Crippen molar-refractivity contribution in [2.75, 3.05) is 11.4 Å². The van der Waals surface area contributed by atoms with Gasteiger partial charge in [0.05, 0.1) is 11.3 Å². The summed E-state index contributed by atoms with van der Waals surface area (Å²) >= 11 is 9.34. The van der Waals surface area contributed by atoms with Crippen LogP contribution in [0.3, 0.4) is 0 Å². The van der Waals surface area contributed by atoms with Crippen LogP contribution in [0.25, 0.3) is 0 Å². The van der Waals surface area contributed by atoms with Crippen molar-refractivity contribution in [2.24, 2.45) is 0 Å². The second-order valence-electron chi connectivity index (χ2n) is 4.77. The van der Waals surface area contributed by atoms with Crippen LogP contribution in [0.5, 0.6) is 0 Å². The molecule has 21 heavy (non-hydrogen) atoms. The molecule has 0 radical (unpaired) electrons. The summed E-state index contributed by atoms with van der Waals surface area (Å²) in [5.41, 5.74) is 1.71. The molecule has 0 bridgehead atoms. The number of anilines is 1. The van der Waals surface area contributed by atoms with Crippen LogP contribution in [0.1, 0.15) is 27.1 Å². The average Bonchev–Trinajstić information content (AvgIpc) is 2.48. The highest BCUT2D eigenvalue weighted by molar-refractivity contribution is 9.10. The van der Waals surface area contributed by atoms with Gasteiger partial charge in [-0.05, 0) is 46.3 Å². The van der Waals surface area contributed by atoms with Crippen LogP contribution < -0.4 is 4.90 Å². The molecule has 106 valence electrons. The minimum Gasteiger partial charge on any atom is -0.307 e. The topological polar surface area (TPSA) is 37.4 Å². The van der Waals surface area contributed by atoms with Gasteiger partial charge in [-0.2, -0.15) is 0 Å². The summed E-state index contributed by atoms with van der Waals surface area (Å²) in [6.07, 6.45) is 0.309. The van der Waals surface area contributed by atoms with E-state index in [2.05, 4.69) is 15.9 Å². The first-order chi connectivity index (χ1) is 10.1. The van der Waals surface area contributed by atoms with Gasteiger partial charge in [0.25, 0.3) is 5.91 Å². The van der Waals surface area contributed by atoms with Crippen LogP contribution >= 0.6 is 27.5 Å². The largest absolute Gasteiger partial charge is 0.307 e. The van der Waals surface area contributed by atoms with Crippen molar-refractivity contribution in [3.63, 3.8) is 0 Å². The first-order valence-electron chi connectivity index (χ1n) is 6.47. The summed E-state index contributed by atoms with van der Waals surface area (Å²) in [6, 6.07) is 12.3. The molecule has 0 N–H and O–H groups in total. The van der Waals surface area contributed by atoms with E-state index in [0.29, 0.717) is 34.8 Å². The number of amides is 1. The number of hydrogen-bond donors (Lipinski definition) is 0. The highest BCUT2D eigenvalue weighted by atomic mass is 79.9. The predicted molar refractivity (Wildman–Crippen MR) is 86.2 cm³/mol. The minimum atomic E-state index is -0.126. The zero-order valence-corrected chi connectivity index (χ0v) is 13.3. The third-order valence-corrected chi connectivity index (χ3v) is 4.39. The van der Waals surface area contributed by atoms with E-state index in [1.807, 2.05) is 18.2 Å². The van der Waals surface area contributed by atoms with Gasteiger partial charge in [0.2, 0.25) is 0 Å². The van der Waals surface area contributed by atoms with Crippen molar-refractivity contribution >= 4 is 44.9 Å². The summed E-state index contributed by atoms with van der Waals surface area (Å²) in [5, 5.41) is 0.497. The summed E-state index contributed by atoms with van der Waals surface area (Å²) in [4.78, 5) is 26.4. The third-order valence-electron chi connectivity index (χ3n) is 3.46. The smallest absolute Gasteiger partial charge is 0.259 e. The highest BCUT2D eigenvalue weighted by Crippen LogP contribution is 2.31. The Hall–Kier alpha value is -1.65. The second kappa shape index (κ2) is 5.62. The van der Waals surface area contributed by atoms with Gasteiger partial charge in [-0.3, -0.25) is 9.59 Å². The molecule has 5 heteroatoms. The maximum absolute atomic E-state index is 12.7. The van der Waals surface area contributed by atoms with E-state index < -0.39 is 0 Å². The van der Waals surface area contributed by atoms with E-state index >= 15 is 0 Å². The number of hydrogen-bond acceptors (Lipinski definition) is 2. The van der Waals surface area contributed by atoms with E-state index in [4.69, 9.17) is 11.6 Å². The minimum absolute atomic E-state index is 0.0173. The summed E-state index contributed by atoms with van der Waals surface area (Å²) in [6.45, 7) is 0.383. The van der Waals surface area contributed by atoms with Crippen molar-refractivity contribution in [3.8, 4) is 0 Å². The lowest BCUT2D eigenvalue weighted by molar-refractivity contribution is 0.0955. The molecule has 2 aromatic carbocycles. The lowest BCUT2D eigenvalue weighted by Crippen LogP contribution is -2.37. The van der Waals surface area contributed by atoms with Gasteiger partial charge in [-0.25, -0.2) is 0 Å². The van der Waals surface area contributed by atoms with E-state index in [1.165, 1.54) is 0 Å². The molecule has 0 unspecified atom stereocenters. The van der Waals surface area contributed by atoms with Crippen LogP contribution in [0.15, 0.2) is 46.9 Å². The number of benzene rings is 2. The number of halogens is 2. The third kappa shape index (κ3) is 2.61. The maximum Gasteiger partial charge on any atom is 0.259 e. The maximum atomic E-state index is 12.7. The molecule has 3 rings (SSSR count). The van der Waals surface area contributed by atoms with Crippen LogP contribution in [0.2, 0.25) is 5.02 Å². The molecule has 0 aromatic heterocycles. The number of ketones is 1. The molecule has 2 aromatic rings. The van der Waals surface area contributed by atoms with Crippen LogP contribution in [-0.2, 0) is 0 Å². The fourth-order valence-electron chi connectivity index (χ4n) is 2.43. The van der Waals surface area contributed by atoms with E-state index in [1.54, 1.807) is 29.2 Å². The van der Waals surface area contributed by atoms with Gasteiger partial charge in [0, 0.05) is 28.0 Å². The quantitative estimate of drug-likeness (QED) is 0.755. The Labute approximate surface area is 135 Å². The highest BCUT2D eigenvalue weighted by Gasteiger charge is 2.28. The van der Waals surface area contributed by atoms with E-state index in [0.717, 1.165) is 4.47 Å². The predicted octanol–water partition coefficient (Wildman–Crippen LogP) is 4.34. The number of Topliss-reactive ketones (excluding diaryl/α,β-unsaturated/α-hetero) is 1. The Morgan fingerprint density at radius 3 is 2.71 bits per heavy atom. The van der Waals surface area contributed by atoms with Gasteiger partial charge < -0.3 is 4.90 Å². The molecule has 1 aliphatic heterocycles. The molecule has 0 aliphatic carbocycles. The Bertz CT molecular complexity index is 745.